The van der Waals surface area contributed by atoms with E-state index in [1.54, 1.807) is 0 Å². The van der Waals surface area contributed by atoms with E-state index in [0.29, 0.717) is 4.90 Å². The molecule has 0 heterocycles. The maximum absolute atomic E-state index is 11.9. The third kappa shape index (κ3) is 3.87. The van der Waals surface area contributed by atoms with E-state index in [-0.39, 0.29) is 11.3 Å². The van der Waals surface area contributed by atoms with Gasteiger partial charge in [-0.15, -0.1) is 0 Å². The van der Waals surface area contributed by atoms with Gasteiger partial charge in [0.1, 0.15) is 24.6 Å². The highest BCUT2D eigenvalue weighted by Crippen LogP contribution is 2.23. The zero-order valence-corrected chi connectivity index (χ0v) is 9.61. The Hall–Kier alpha value is -2.77. The van der Waals surface area contributed by atoms with Gasteiger partial charge in [0.2, 0.25) is 0 Å². The molecule has 0 aliphatic heterocycles. The van der Waals surface area contributed by atoms with E-state index in [9.17, 15) is 24.6 Å². The summed E-state index contributed by atoms with van der Waals surface area (Å²) in [5, 5.41) is 35.9. The Morgan fingerprint density at radius 1 is 1.00 bits per heavy atom. The molecule has 0 fully saturated rings. The maximum Gasteiger partial charge on any atom is 0.323 e. The molecule has 0 bridgehead atoms. The van der Waals surface area contributed by atoms with Gasteiger partial charge in [-0.3, -0.25) is 14.4 Å². The molecular weight excluding hydrogens is 258 g/mol. The van der Waals surface area contributed by atoms with Gasteiger partial charge in [0.25, 0.3) is 5.91 Å². The predicted molar refractivity (Wildman–Crippen MR) is 60.9 cm³/mol. The standard InChI is InChI=1S/C11H11NO7/c13-6-1-2-8(14)7(3-6)11(19)12(4-9(15)16)5-10(17)18/h1-3,13-14H,4-5H2,(H,15,16)(H,17,18). The first kappa shape index (κ1) is 14.3. The van der Waals surface area contributed by atoms with Crippen LogP contribution in [0.2, 0.25) is 0 Å². The maximum atomic E-state index is 11.9. The van der Waals surface area contributed by atoms with Crippen LogP contribution in [0.4, 0.5) is 0 Å². The van der Waals surface area contributed by atoms with Crippen molar-refractivity contribution in [2.75, 3.05) is 13.1 Å². The number of amides is 1. The molecule has 1 aromatic carbocycles. The first-order valence-corrected chi connectivity index (χ1v) is 5.06. The SMILES string of the molecule is O=C(O)CN(CC(=O)O)C(=O)c1cc(O)ccc1O. The minimum absolute atomic E-state index is 0.313. The Labute approximate surface area is 107 Å². The van der Waals surface area contributed by atoms with Crippen LogP contribution in [0.25, 0.3) is 0 Å². The van der Waals surface area contributed by atoms with Crippen LogP contribution in [0.5, 0.6) is 11.5 Å². The Morgan fingerprint density at radius 3 is 2.00 bits per heavy atom. The monoisotopic (exact) mass is 269 g/mol. The molecule has 4 N–H and O–H groups in total. The van der Waals surface area contributed by atoms with Crippen LogP contribution < -0.4 is 0 Å². The van der Waals surface area contributed by atoms with Gasteiger partial charge in [0.05, 0.1) is 5.56 Å². The fourth-order valence-electron chi connectivity index (χ4n) is 1.39. The molecule has 102 valence electrons. The van der Waals surface area contributed by atoms with Crippen molar-refractivity contribution >= 4 is 17.8 Å². The zero-order chi connectivity index (χ0) is 14.6. The summed E-state index contributed by atoms with van der Waals surface area (Å²) < 4.78 is 0. The van der Waals surface area contributed by atoms with Gasteiger partial charge in [-0.05, 0) is 18.2 Å². The lowest BCUT2D eigenvalue weighted by molar-refractivity contribution is -0.140. The molecule has 0 unspecified atom stereocenters. The topological polar surface area (TPSA) is 135 Å². The average Bonchev–Trinajstić information content (AvgIpc) is 2.29. The van der Waals surface area contributed by atoms with Crippen LogP contribution in [0.15, 0.2) is 18.2 Å². The quantitative estimate of drug-likeness (QED) is 0.539. The minimum atomic E-state index is -1.39. The number of hydrogen-bond acceptors (Lipinski definition) is 5. The highest BCUT2D eigenvalue weighted by Gasteiger charge is 2.23. The summed E-state index contributed by atoms with van der Waals surface area (Å²) in [7, 11) is 0. The van der Waals surface area contributed by atoms with Crippen LogP contribution >= 0.6 is 0 Å². The van der Waals surface area contributed by atoms with Crippen LogP contribution in [-0.2, 0) is 9.59 Å². The van der Waals surface area contributed by atoms with Crippen molar-refractivity contribution in [3.05, 3.63) is 23.8 Å². The third-order valence-electron chi connectivity index (χ3n) is 2.15. The number of carbonyl (C=O) groups excluding carboxylic acids is 1. The molecule has 8 heteroatoms. The molecule has 0 aliphatic carbocycles. The number of nitrogens with zero attached hydrogens (tertiary/aromatic N) is 1. The van der Waals surface area contributed by atoms with Crippen molar-refractivity contribution in [3.8, 4) is 11.5 Å². The van der Waals surface area contributed by atoms with E-state index in [1.165, 1.54) is 0 Å². The predicted octanol–water partition coefficient (Wildman–Crippen LogP) is -0.291. The van der Waals surface area contributed by atoms with Crippen molar-refractivity contribution in [3.63, 3.8) is 0 Å². The molecule has 0 radical (unpaired) electrons. The summed E-state index contributed by atoms with van der Waals surface area (Å²) in [5.74, 6) is -4.59. The molecular formula is C11H11NO7. The molecule has 1 aromatic rings. The Balaban J connectivity index is 3.07. The van der Waals surface area contributed by atoms with Crippen molar-refractivity contribution in [2.45, 2.75) is 0 Å². The van der Waals surface area contributed by atoms with Crippen molar-refractivity contribution < 1.29 is 34.8 Å². The summed E-state index contributed by atoms with van der Waals surface area (Å²) >= 11 is 0. The largest absolute Gasteiger partial charge is 0.508 e. The number of phenols is 2. The second-order valence-corrected chi connectivity index (χ2v) is 3.65. The summed E-state index contributed by atoms with van der Waals surface area (Å²) in [6, 6.07) is 3.10. The summed E-state index contributed by atoms with van der Waals surface area (Å²) in [6.45, 7) is -1.67. The van der Waals surface area contributed by atoms with E-state index >= 15 is 0 Å². The van der Waals surface area contributed by atoms with Gasteiger partial charge in [-0.25, -0.2) is 0 Å². The highest BCUT2D eigenvalue weighted by atomic mass is 16.4. The molecule has 0 saturated carbocycles. The second-order valence-electron chi connectivity index (χ2n) is 3.65. The third-order valence-corrected chi connectivity index (χ3v) is 2.15. The first-order chi connectivity index (χ1) is 8.81. The Morgan fingerprint density at radius 2 is 1.53 bits per heavy atom. The lowest BCUT2D eigenvalue weighted by Gasteiger charge is -2.19. The fraction of sp³-hybridized carbons (Fsp3) is 0.182. The second kappa shape index (κ2) is 5.71. The molecule has 1 amide bonds. The minimum Gasteiger partial charge on any atom is -0.508 e. The van der Waals surface area contributed by atoms with Gasteiger partial charge in [0, 0.05) is 0 Å². The van der Waals surface area contributed by atoms with Crippen LogP contribution in [0.3, 0.4) is 0 Å². The number of benzene rings is 1. The number of carboxylic acid groups (broad SMARTS) is 2. The summed E-state index contributed by atoms with van der Waals surface area (Å²) in [6.07, 6.45) is 0. The highest BCUT2D eigenvalue weighted by molar-refractivity contribution is 5.99. The van der Waals surface area contributed by atoms with Crippen LogP contribution in [0.1, 0.15) is 10.4 Å². The first-order valence-electron chi connectivity index (χ1n) is 5.06. The van der Waals surface area contributed by atoms with E-state index < -0.39 is 36.7 Å². The molecule has 0 atom stereocenters. The smallest absolute Gasteiger partial charge is 0.323 e. The zero-order valence-electron chi connectivity index (χ0n) is 9.61. The number of carboxylic acids is 2. The molecule has 0 aliphatic rings. The summed E-state index contributed by atoms with van der Waals surface area (Å²) in [5.41, 5.74) is -0.373. The molecule has 19 heavy (non-hydrogen) atoms. The number of hydrogen-bond donors (Lipinski definition) is 4. The normalized spacial score (nSPS) is 9.89. The Bertz CT molecular complexity index is 510. The van der Waals surface area contributed by atoms with Gasteiger partial charge >= 0.3 is 11.9 Å². The van der Waals surface area contributed by atoms with Crippen molar-refractivity contribution in [2.24, 2.45) is 0 Å². The average molecular weight is 269 g/mol. The summed E-state index contributed by atoms with van der Waals surface area (Å²) in [4.78, 5) is 33.6. The van der Waals surface area contributed by atoms with Crippen molar-refractivity contribution in [1.29, 1.82) is 0 Å². The van der Waals surface area contributed by atoms with Gasteiger partial charge < -0.3 is 25.3 Å². The van der Waals surface area contributed by atoms with Gasteiger partial charge in [0.15, 0.2) is 0 Å². The van der Waals surface area contributed by atoms with E-state index in [4.69, 9.17) is 10.2 Å². The number of carbonyl (C=O) groups is 3. The van der Waals surface area contributed by atoms with E-state index in [2.05, 4.69) is 0 Å². The Kier molecular flexibility index (Phi) is 4.30. The van der Waals surface area contributed by atoms with E-state index in [0.717, 1.165) is 18.2 Å². The van der Waals surface area contributed by atoms with Gasteiger partial charge in [-0.2, -0.15) is 0 Å². The number of phenolic OH excluding ortho intramolecular Hbond substituents is 2. The van der Waals surface area contributed by atoms with Crippen molar-refractivity contribution in [1.82, 2.24) is 4.90 Å². The molecule has 0 spiro atoms. The van der Waals surface area contributed by atoms with Crippen LogP contribution in [-0.4, -0.2) is 56.3 Å². The van der Waals surface area contributed by atoms with Crippen LogP contribution in [0, 0.1) is 0 Å². The molecule has 0 aromatic heterocycles. The number of aromatic hydroxyl groups is 2. The molecule has 0 saturated heterocycles. The lowest BCUT2D eigenvalue weighted by atomic mass is 10.1. The van der Waals surface area contributed by atoms with Gasteiger partial charge in [-0.1, -0.05) is 0 Å². The molecule has 8 nitrogen and oxygen atoms in total. The fourth-order valence-corrected chi connectivity index (χ4v) is 1.39. The number of rotatable bonds is 5. The number of aliphatic carboxylic acids is 2. The van der Waals surface area contributed by atoms with E-state index in [1.807, 2.05) is 0 Å². The lowest BCUT2D eigenvalue weighted by Crippen LogP contribution is -2.39. The molecule has 1 rings (SSSR count).